The molecule has 0 spiro atoms. The summed E-state index contributed by atoms with van der Waals surface area (Å²) in [5.41, 5.74) is 6.55. The summed E-state index contributed by atoms with van der Waals surface area (Å²) in [7, 11) is 1.50. The Morgan fingerprint density at radius 3 is 2.41 bits per heavy atom. The molecule has 3 rings (SSSR count). The summed E-state index contributed by atoms with van der Waals surface area (Å²) < 4.78 is 5.71. The van der Waals surface area contributed by atoms with Crippen molar-refractivity contribution in [1.82, 2.24) is 5.32 Å². The molecule has 0 aliphatic rings. The van der Waals surface area contributed by atoms with Crippen LogP contribution in [-0.4, -0.2) is 36.5 Å². The van der Waals surface area contributed by atoms with Gasteiger partial charge < -0.3 is 25.4 Å². The number of carbonyl (C=O) groups excluding carboxylic acids is 2. The van der Waals surface area contributed by atoms with Crippen LogP contribution in [0.4, 0.5) is 0 Å². The minimum atomic E-state index is -1.32. The van der Waals surface area contributed by atoms with E-state index in [1.54, 1.807) is 6.92 Å². The van der Waals surface area contributed by atoms with E-state index in [1.807, 2.05) is 36.4 Å². The molecule has 1 atom stereocenters. The predicted octanol–water partition coefficient (Wildman–Crippen LogP) is 2.78. The van der Waals surface area contributed by atoms with Crippen LogP contribution in [0, 0.1) is 6.92 Å². The SMILES string of the molecule is CN.Cc1oc2ccc(CCc3ccccc3)cc2c1C(=O)NC(C)(C=O)CO. The van der Waals surface area contributed by atoms with Crippen LogP contribution in [0.3, 0.4) is 0 Å². The van der Waals surface area contributed by atoms with Gasteiger partial charge in [-0.1, -0.05) is 36.4 Å². The van der Waals surface area contributed by atoms with Crippen molar-refractivity contribution >= 4 is 23.2 Å². The molecular formula is C23H28N2O4. The largest absolute Gasteiger partial charge is 0.461 e. The number of carbonyl (C=O) groups is 2. The van der Waals surface area contributed by atoms with Crippen LogP contribution >= 0.6 is 0 Å². The molecule has 0 bridgehead atoms. The number of furan rings is 1. The summed E-state index contributed by atoms with van der Waals surface area (Å²) >= 11 is 0. The lowest BCUT2D eigenvalue weighted by Gasteiger charge is -2.21. The molecule has 1 aromatic heterocycles. The Bertz CT molecular complexity index is 966. The first kappa shape index (κ1) is 22.3. The number of fused-ring (bicyclic) bond motifs is 1. The number of nitrogens with two attached hydrogens (primary N) is 1. The number of aryl methyl sites for hydroxylation is 3. The molecule has 29 heavy (non-hydrogen) atoms. The standard InChI is InChI=1S/C22H23NO4.CH5N/c1-15-20(21(26)23-22(2,13-24)14-25)18-12-17(10-11-19(18)27-15)9-8-16-6-4-3-5-7-16;1-2/h3-7,10-13,25H,8-9,14H2,1-2H3,(H,23,26);2H2,1H3. The monoisotopic (exact) mass is 396 g/mol. The molecule has 2 aromatic carbocycles. The highest BCUT2D eigenvalue weighted by molar-refractivity contribution is 6.08. The Balaban J connectivity index is 0.00000145. The second-order valence-electron chi connectivity index (χ2n) is 7.00. The minimum absolute atomic E-state index is 0.396. The van der Waals surface area contributed by atoms with E-state index in [0.717, 1.165) is 18.4 Å². The quantitative estimate of drug-likeness (QED) is 0.533. The molecule has 4 N–H and O–H groups in total. The van der Waals surface area contributed by atoms with Crippen LogP contribution in [0.1, 0.15) is 34.2 Å². The van der Waals surface area contributed by atoms with Crippen LogP contribution < -0.4 is 11.1 Å². The molecule has 1 unspecified atom stereocenters. The Hall–Kier alpha value is -2.96. The van der Waals surface area contributed by atoms with Crippen molar-refractivity contribution in [1.29, 1.82) is 0 Å². The van der Waals surface area contributed by atoms with Gasteiger partial charge in [0.25, 0.3) is 5.91 Å². The number of aliphatic hydroxyl groups is 1. The van der Waals surface area contributed by atoms with Crippen molar-refractivity contribution in [3.05, 3.63) is 71.0 Å². The van der Waals surface area contributed by atoms with Gasteiger partial charge in [-0.05, 0) is 57.0 Å². The smallest absolute Gasteiger partial charge is 0.256 e. The van der Waals surface area contributed by atoms with Crippen molar-refractivity contribution in [3.8, 4) is 0 Å². The van der Waals surface area contributed by atoms with Crippen molar-refractivity contribution in [2.45, 2.75) is 32.2 Å². The van der Waals surface area contributed by atoms with Crippen molar-refractivity contribution in [2.75, 3.05) is 13.7 Å². The van der Waals surface area contributed by atoms with Crippen LogP contribution in [0.2, 0.25) is 0 Å². The van der Waals surface area contributed by atoms with Gasteiger partial charge in [0, 0.05) is 5.39 Å². The van der Waals surface area contributed by atoms with Gasteiger partial charge in [-0.25, -0.2) is 0 Å². The summed E-state index contributed by atoms with van der Waals surface area (Å²) in [5.74, 6) is 0.0454. The highest BCUT2D eigenvalue weighted by Gasteiger charge is 2.28. The van der Waals surface area contributed by atoms with Crippen molar-refractivity contribution < 1.29 is 19.1 Å². The number of hydrogen-bond acceptors (Lipinski definition) is 5. The summed E-state index contributed by atoms with van der Waals surface area (Å²) in [6.45, 7) is 2.72. The van der Waals surface area contributed by atoms with E-state index in [9.17, 15) is 14.7 Å². The number of aldehydes is 1. The third kappa shape index (κ3) is 5.31. The molecular weight excluding hydrogens is 368 g/mol. The zero-order valence-electron chi connectivity index (χ0n) is 17.1. The van der Waals surface area contributed by atoms with E-state index in [2.05, 4.69) is 23.2 Å². The second kappa shape index (κ2) is 10.0. The van der Waals surface area contributed by atoms with Gasteiger partial charge >= 0.3 is 0 Å². The first-order chi connectivity index (χ1) is 14.0. The molecule has 0 fully saturated rings. The maximum atomic E-state index is 12.7. The normalized spacial score (nSPS) is 12.6. The Labute approximate surface area is 170 Å². The van der Waals surface area contributed by atoms with E-state index in [-0.39, 0.29) is 0 Å². The lowest BCUT2D eigenvalue weighted by molar-refractivity contribution is -0.113. The maximum absolute atomic E-state index is 12.7. The molecule has 154 valence electrons. The first-order valence-electron chi connectivity index (χ1n) is 9.49. The molecule has 6 heteroatoms. The average molecular weight is 396 g/mol. The fraction of sp³-hybridized carbons (Fsp3) is 0.304. The fourth-order valence-corrected chi connectivity index (χ4v) is 3.07. The molecule has 0 aliphatic heterocycles. The molecule has 3 aromatic rings. The number of aliphatic hydroxyl groups excluding tert-OH is 1. The minimum Gasteiger partial charge on any atom is -0.461 e. The topological polar surface area (TPSA) is 106 Å². The van der Waals surface area contributed by atoms with E-state index in [1.165, 1.54) is 19.5 Å². The highest BCUT2D eigenvalue weighted by atomic mass is 16.3. The van der Waals surface area contributed by atoms with Gasteiger partial charge in [-0.15, -0.1) is 0 Å². The molecule has 6 nitrogen and oxygen atoms in total. The molecule has 0 saturated carbocycles. The molecule has 1 heterocycles. The van der Waals surface area contributed by atoms with Gasteiger partial charge in [0.05, 0.1) is 12.2 Å². The van der Waals surface area contributed by atoms with Gasteiger partial charge in [0.1, 0.15) is 23.2 Å². The second-order valence-corrected chi connectivity index (χ2v) is 7.00. The van der Waals surface area contributed by atoms with Crippen molar-refractivity contribution in [2.24, 2.45) is 5.73 Å². The molecule has 0 saturated heterocycles. The van der Waals surface area contributed by atoms with Gasteiger partial charge in [-0.3, -0.25) is 4.79 Å². The van der Waals surface area contributed by atoms with E-state index in [4.69, 9.17) is 4.42 Å². The Morgan fingerprint density at radius 2 is 1.79 bits per heavy atom. The first-order valence-corrected chi connectivity index (χ1v) is 9.49. The van der Waals surface area contributed by atoms with Crippen LogP contribution in [0.15, 0.2) is 52.9 Å². The summed E-state index contributed by atoms with van der Waals surface area (Å²) in [4.78, 5) is 23.9. The average Bonchev–Trinajstić information content (AvgIpc) is 3.09. The van der Waals surface area contributed by atoms with E-state index >= 15 is 0 Å². The van der Waals surface area contributed by atoms with Crippen molar-refractivity contribution in [3.63, 3.8) is 0 Å². The lowest BCUT2D eigenvalue weighted by atomic mass is 10.0. The number of rotatable bonds is 7. The predicted molar refractivity (Wildman–Crippen MR) is 114 cm³/mol. The van der Waals surface area contributed by atoms with E-state index in [0.29, 0.717) is 28.6 Å². The van der Waals surface area contributed by atoms with Crippen LogP contribution in [0.25, 0.3) is 11.0 Å². The van der Waals surface area contributed by atoms with Crippen LogP contribution in [-0.2, 0) is 17.6 Å². The third-order valence-corrected chi connectivity index (χ3v) is 4.69. The van der Waals surface area contributed by atoms with E-state index < -0.39 is 18.1 Å². The Morgan fingerprint density at radius 1 is 1.14 bits per heavy atom. The zero-order chi connectivity index (χ0) is 21.4. The fourth-order valence-electron chi connectivity index (χ4n) is 3.07. The molecule has 1 amide bonds. The Kier molecular flexibility index (Phi) is 7.70. The number of amides is 1. The van der Waals surface area contributed by atoms with Gasteiger partial charge in [-0.2, -0.15) is 0 Å². The summed E-state index contributed by atoms with van der Waals surface area (Å²) in [6.07, 6.45) is 2.28. The number of benzene rings is 2. The van der Waals surface area contributed by atoms with Crippen LogP contribution in [0.5, 0.6) is 0 Å². The number of nitrogens with one attached hydrogen (secondary N) is 1. The van der Waals surface area contributed by atoms with Gasteiger partial charge in [0.15, 0.2) is 0 Å². The van der Waals surface area contributed by atoms with Gasteiger partial charge in [0.2, 0.25) is 0 Å². The zero-order valence-corrected chi connectivity index (χ0v) is 17.1. The number of hydrogen-bond donors (Lipinski definition) is 3. The summed E-state index contributed by atoms with van der Waals surface area (Å²) in [6, 6.07) is 16.0. The lowest BCUT2D eigenvalue weighted by Crippen LogP contribution is -2.50. The molecule has 0 aliphatic carbocycles. The molecule has 0 radical (unpaired) electrons. The maximum Gasteiger partial charge on any atom is 0.256 e. The third-order valence-electron chi connectivity index (χ3n) is 4.69. The highest BCUT2D eigenvalue weighted by Crippen LogP contribution is 2.27. The summed E-state index contributed by atoms with van der Waals surface area (Å²) in [5, 5.41) is 12.7.